The molecule has 1 aliphatic rings. The third-order valence-corrected chi connectivity index (χ3v) is 3.29. The molecule has 2 atom stereocenters. The maximum absolute atomic E-state index is 5.68. The van der Waals surface area contributed by atoms with Crippen LogP contribution in [0, 0.1) is 5.92 Å². The Bertz CT molecular complexity index is 330. The van der Waals surface area contributed by atoms with E-state index in [1.807, 2.05) is 0 Å². The highest BCUT2D eigenvalue weighted by molar-refractivity contribution is 5.37. The topological polar surface area (TPSA) is 26.0 Å². The lowest BCUT2D eigenvalue weighted by molar-refractivity contribution is 0.627. The van der Waals surface area contributed by atoms with Gasteiger partial charge in [0.25, 0.3) is 0 Å². The van der Waals surface area contributed by atoms with Gasteiger partial charge in [0.05, 0.1) is 0 Å². The fraction of sp³-hybridized carbons (Fsp3) is 0.538. The minimum atomic E-state index is 0.496. The van der Waals surface area contributed by atoms with Crippen LogP contribution in [0.2, 0.25) is 0 Å². The molecule has 2 N–H and O–H groups in total. The molecule has 0 radical (unpaired) electrons. The molecule has 1 aromatic rings. The van der Waals surface area contributed by atoms with Crippen molar-refractivity contribution in [1.29, 1.82) is 0 Å². The zero-order chi connectivity index (χ0) is 10.1. The Morgan fingerprint density at radius 3 is 2.79 bits per heavy atom. The molecule has 1 aliphatic carbocycles. The summed E-state index contributed by atoms with van der Waals surface area (Å²) in [6, 6.07) is 6.89. The van der Waals surface area contributed by atoms with Gasteiger partial charge >= 0.3 is 0 Å². The second-order valence-electron chi connectivity index (χ2n) is 4.68. The summed E-state index contributed by atoms with van der Waals surface area (Å²) in [5.41, 5.74) is 10.2. The van der Waals surface area contributed by atoms with Gasteiger partial charge in [-0.05, 0) is 47.9 Å². The molecule has 1 nitrogen and oxygen atoms in total. The van der Waals surface area contributed by atoms with Gasteiger partial charge in [-0.25, -0.2) is 0 Å². The summed E-state index contributed by atoms with van der Waals surface area (Å²) in [5, 5.41) is 0. The molecular weight excluding hydrogens is 170 g/mol. The molecule has 1 heteroatoms. The lowest BCUT2D eigenvalue weighted by Gasteiger charge is -2.10. The summed E-state index contributed by atoms with van der Waals surface area (Å²) in [6.45, 7) is 5.26. The smallest absolute Gasteiger partial charge is 0.00109 e. The van der Waals surface area contributed by atoms with Crippen molar-refractivity contribution < 1.29 is 0 Å². The molecule has 0 heterocycles. The molecule has 0 spiro atoms. The Morgan fingerprint density at radius 1 is 1.36 bits per heavy atom. The minimum absolute atomic E-state index is 0.496. The standard InChI is InChI=1S/C13H19N/c1-9-5-12-4-3-11(10(2)8-14)7-13(12)6-9/h3-4,7,9-10H,5-6,8,14H2,1-2H3. The van der Waals surface area contributed by atoms with Crippen LogP contribution in [0.4, 0.5) is 0 Å². The van der Waals surface area contributed by atoms with Crippen molar-refractivity contribution in [3.63, 3.8) is 0 Å². The van der Waals surface area contributed by atoms with E-state index in [9.17, 15) is 0 Å². The van der Waals surface area contributed by atoms with Gasteiger partial charge in [-0.15, -0.1) is 0 Å². The van der Waals surface area contributed by atoms with Gasteiger partial charge in [0.2, 0.25) is 0 Å². The molecule has 0 bridgehead atoms. The molecule has 0 amide bonds. The number of hydrogen-bond acceptors (Lipinski definition) is 1. The molecule has 2 unspecified atom stereocenters. The Kier molecular flexibility index (Phi) is 2.60. The van der Waals surface area contributed by atoms with E-state index in [2.05, 4.69) is 32.0 Å². The van der Waals surface area contributed by atoms with E-state index in [0.717, 1.165) is 12.5 Å². The van der Waals surface area contributed by atoms with E-state index in [0.29, 0.717) is 5.92 Å². The molecule has 0 saturated heterocycles. The third-order valence-electron chi connectivity index (χ3n) is 3.29. The fourth-order valence-electron chi connectivity index (χ4n) is 2.30. The summed E-state index contributed by atoms with van der Waals surface area (Å²) < 4.78 is 0. The summed E-state index contributed by atoms with van der Waals surface area (Å²) in [5.74, 6) is 1.32. The van der Waals surface area contributed by atoms with Gasteiger partial charge in [-0.3, -0.25) is 0 Å². The van der Waals surface area contributed by atoms with Crippen LogP contribution < -0.4 is 5.73 Å². The quantitative estimate of drug-likeness (QED) is 0.760. The predicted molar refractivity (Wildman–Crippen MR) is 60.5 cm³/mol. The van der Waals surface area contributed by atoms with E-state index in [4.69, 9.17) is 5.73 Å². The van der Waals surface area contributed by atoms with Crippen LogP contribution in [0.1, 0.15) is 36.5 Å². The molecule has 0 aliphatic heterocycles. The van der Waals surface area contributed by atoms with Crippen LogP contribution in [0.25, 0.3) is 0 Å². The van der Waals surface area contributed by atoms with Crippen molar-refractivity contribution in [1.82, 2.24) is 0 Å². The Labute approximate surface area is 86.3 Å². The van der Waals surface area contributed by atoms with Gasteiger partial charge in [0, 0.05) is 0 Å². The van der Waals surface area contributed by atoms with Crippen molar-refractivity contribution in [2.75, 3.05) is 6.54 Å². The lowest BCUT2D eigenvalue weighted by Crippen LogP contribution is -2.09. The normalized spacial score (nSPS) is 22.1. The van der Waals surface area contributed by atoms with E-state index < -0.39 is 0 Å². The van der Waals surface area contributed by atoms with Crippen molar-refractivity contribution in [3.8, 4) is 0 Å². The zero-order valence-corrected chi connectivity index (χ0v) is 9.09. The van der Waals surface area contributed by atoms with E-state index in [1.165, 1.54) is 18.4 Å². The number of hydrogen-bond donors (Lipinski definition) is 1. The Hall–Kier alpha value is -0.820. The molecule has 2 rings (SSSR count). The van der Waals surface area contributed by atoms with E-state index in [-0.39, 0.29) is 0 Å². The summed E-state index contributed by atoms with van der Waals surface area (Å²) >= 11 is 0. The first-order chi connectivity index (χ1) is 6.70. The summed E-state index contributed by atoms with van der Waals surface area (Å²) in [7, 11) is 0. The molecule has 76 valence electrons. The second kappa shape index (κ2) is 3.74. The SMILES string of the molecule is CC1Cc2ccc(C(C)CN)cc2C1. The van der Waals surface area contributed by atoms with Crippen molar-refractivity contribution in [2.45, 2.75) is 32.6 Å². The third kappa shape index (κ3) is 1.69. The second-order valence-corrected chi connectivity index (χ2v) is 4.68. The molecule has 0 fully saturated rings. The first-order valence-corrected chi connectivity index (χ1v) is 5.52. The largest absolute Gasteiger partial charge is 0.330 e. The van der Waals surface area contributed by atoms with Crippen LogP contribution in [0.15, 0.2) is 18.2 Å². The van der Waals surface area contributed by atoms with Crippen molar-refractivity contribution in [2.24, 2.45) is 11.7 Å². The number of benzene rings is 1. The molecular formula is C13H19N. The predicted octanol–water partition coefficient (Wildman–Crippen LogP) is 2.48. The van der Waals surface area contributed by atoms with Crippen LogP contribution in [-0.2, 0) is 12.8 Å². The maximum Gasteiger partial charge on any atom is -0.00109 e. The maximum atomic E-state index is 5.68. The van der Waals surface area contributed by atoms with Gasteiger partial charge in [-0.1, -0.05) is 32.0 Å². The number of fused-ring (bicyclic) bond motifs is 1. The average Bonchev–Trinajstić information content (AvgIpc) is 2.55. The van der Waals surface area contributed by atoms with Crippen LogP contribution in [-0.4, -0.2) is 6.54 Å². The van der Waals surface area contributed by atoms with Crippen LogP contribution in [0.3, 0.4) is 0 Å². The Morgan fingerprint density at radius 2 is 2.07 bits per heavy atom. The average molecular weight is 189 g/mol. The van der Waals surface area contributed by atoms with Crippen molar-refractivity contribution >= 4 is 0 Å². The molecule has 0 saturated carbocycles. The fourth-order valence-corrected chi connectivity index (χ4v) is 2.30. The highest BCUT2D eigenvalue weighted by Gasteiger charge is 2.18. The summed E-state index contributed by atoms with van der Waals surface area (Å²) in [4.78, 5) is 0. The zero-order valence-electron chi connectivity index (χ0n) is 9.09. The van der Waals surface area contributed by atoms with Gasteiger partial charge < -0.3 is 5.73 Å². The number of rotatable bonds is 2. The molecule has 14 heavy (non-hydrogen) atoms. The molecule has 0 aromatic heterocycles. The van der Waals surface area contributed by atoms with Crippen LogP contribution in [0.5, 0.6) is 0 Å². The monoisotopic (exact) mass is 189 g/mol. The van der Waals surface area contributed by atoms with Crippen LogP contribution >= 0.6 is 0 Å². The molecule has 1 aromatic carbocycles. The van der Waals surface area contributed by atoms with Crippen molar-refractivity contribution in [3.05, 3.63) is 34.9 Å². The minimum Gasteiger partial charge on any atom is -0.330 e. The first-order valence-electron chi connectivity index (χ1n) is 5.52. The lowest BCUT2D eigenvalue weighted by atomic mass is 9.97. The Balaban J connectivity index is 2.28. The number of nitrogens with two attached hydrogens (primary N) is 1. The van der Waals surface area contributed by atoms with Gasteiger partial charge in [0.1, 0.15) is 0 Å². The highest BCUT2D eigenvalue weighted by atomic mass is 14.5. The van der Waals surface area contributed by atoms with Gasteiger partial charge in [0.15, 0.2) is 0 Å². The van der Waals surface area contributed by atoms with Gasteiger partial charge in [-0.2, -0.15) is 0 Å². The summed E-state index contributed by atoms with van der Waals surface area (Å²) in [6.07, 6.45) is 2.51. The van der Waals surface area contributed by atoms with E-state index in [1.54, 1.807) is 11.1 Å². The first kappa shape index (κ1) is 9.72. The highest BCUT2D eigenvalue weighted by Crippen LogP contribution is 2.28. The van der Waals surface area contributed by atoms with E-state index >= 15 is 0 Å².